The first-order chi connectivity index (χ1) is 16.5. The minimum absolute atomic E-state index is 0.0250. The summed E-state index contributed by atoms with van der Waals surface area (Å²) in [5.41, 5.74) is 1.16. The summed E-state index contributed by atoms with van der Waals surface area (Å²) in [7, 11) is 0. The number of halogens is 1. The molecule has 1 amide bonds. The van der Waals surface area contributed by atoms with Crippen LogP contribution in [0.4, 0.5) is 0 Å². The van der Waals surface area contributed by atoms with Crippen LogP contribution in [0.5, 0.6) is 5.75 Å². The van der Waals surface area contributed by atoms with Gasteiger partial charge in [0, 0.05) is 33.5 Å². The van der Waals surface area contributed by atoms with Gasteiger partial charge in [0.15, 0.2) is 0 Å². The molecule has 1 atom stereocenters. The molecule has 3 aromatic rings. The Morgan fingerprint density at radius 3 is 2.59 bits per heavy atom. The quantitative estimate of drug-likeness (QED) is 0.401. The second-order valence-corrected chi connectivity index (χ2v) is 10.8. The number of carboxylic acid groups (broad SMARTS) is 1. The van der Waals surface area contributed by atoms with Gasteiger partial charge < -0.3 is 14.7 Å². The Kier molecular flexibility index (Phi) is 6.79. The lowest BCUT2D eigenvalue weighted by atomic mass is 9.94. The summed E-state index contributed by atoms with van der Waals surface area (Å²) in [4.78, 5) is 27.3. The number of carbonyl (C=O) groups is 2. The third-order valence-corrected chi connectivity index (χ3v) is 8.79. The maximum Gasteiger partial charge on any atom is 0.335 e. The Labute approximate surface area is 208 Å². The SMILES string of the molecule is O=C(O)c1ccc(COc2ccc3c(Cl)c(CC4CCN(C5CCCCC5)C4=O)sc3c2)cc1. The molecule has 1 N–H and O–H groups in total. The third kappa shape index (κ3) is 4.80. The van der Waals surface area contributed by atoms with Crippen LogP contribution in [0.2, 0.25) is 5.02 Å². The smallest absolute Gasteiger partial charge is 0.335 e. The highest BCUT2D eigenvalue weighted by Crippen LogP contribution is 2.40. The number of rotatable bonds is 7. The highest BCUT2D eigenvalue weighted by Gasteiger charge is 2.36. The van der Waals surface area contributed by atoms with Gasteiger partial charge in [0.2, 0.25) is 5.91 Å². The number of amides is 1. The van der Waals surface area contributed by atoms with E-state index in [1.165, 1.54) is 19.3 Å². The minimum atomic E-state index is -0.940. The maximum atomic E-state index is 13.1. The van der Waals surface area contributed by atoms with E-state index in [0.717, 1.165) is 57.1 Å². The molecule has 5 rings (SSSR count). The molecule has 178 valence electrons. The molecule has 0 spiro atoms. The first-order valence-electron chi connectivity index (χ1n) is 12.0. The van der Waals surface area contributed by atoms with Gasteiger partial charge in [-0.2, -0.15) is 0 Å². The third-order valence-electron chi connectivity index (χ3n) is 7.07. The molecule has 5 nitrogen and oxygen atoms in total. The summed E-state index contributed by atoms with van der Waals surface area (Å²) in [5.74, 6) is 0.124. The molecule has 2 fully saturated rings. The number of benzene rings is 2. The van der Waals surface area contributed by atoms with Crippen molar-refractivity contribution in [3.63, 3.8) is 0 Å². The standard InChI is InChI=1S/C27H28ClNO4S/c28-25-22-11-10-21(33-16-17-6-8-18(9-7-17)27(31)32)15-23(22)34-24(25)14-19-12-13-29(26(19)30)20-4-2-1-3-5-20/h6-11,15,19-20H,1-5,12-14,16H2,(H,31,32). The van der Waals surface area contributed by atoms with Gasteiger partial charge in [0.05, 0.1) is 10.6 Å². The molecule has 1 aliphatic carbocycles. The highest BCUT2D eigenvalue weighted by atomic mass is 35.5. The zero-order valence-corrected chi connectivity index (χ0v) is 20.5. The first kappa shape index (κ1) is 23.2. The predicted molar refractivity (Wildman–Crippen MR) is 135 cm³/mol. The van der Waals surface area contributed by atoms with E-state index in [1.807, 2.05) is 18.2 Å². The Morgan fingerprint density at radius 2 is 1.85 bits per heavy atom. The van der Waals surface area contributed by atoms with Gasteiger partial charge in [-0.15, -0.1) is 11.3 Å². The number of thiophene rings is 1. The summed E-state index contributed by atoms with van der Waals surface area (Å²) in [6, 6.07) is 13.0. The summed E-state index contributed by atoms with van der Waals surface area (Å²) in [5, 5.41) is 10.8. The molecule has 1 saturated heterocycles. The summed E-state index contributed by atoms with van der Waals surface area (Å²) < 4.78 is 6.99. The molecular weight excluding hydrogens is 470 g/mol. The highest BCUT2D eigenvalue weighted by molar-refractivity contribution is 7.19. The molecule has 2 heterocycles. The van der Waals surface area contributed by atoms with E-state index in [9.17, 15) is 9.59 Å². The number of hydrogen-bond donors (Lipinski definition) is 1. The second-order valence-electron chi connectivity index (χ2n) is 9.30. The molecule has 1 aliphatic heterocycles. The average molecular weight is 498 g/mol. The summed E-state index contributed by atoms with van der Waals surface area (Å²) >= 11 is 8.37. The molecule has 0 radical (unpaired) electrons. The lowest BCUT2D eigenvalue weighted by Crippen LogP contribution is -2.39. The predicted octanol–water partition coefficient (Wildman–Crippen LogP) is 6.56. The second kappa shape index (κ2) is 9.96. The lowest BCUT2D eigenvalue weighted by Gasteiger charge is -2.31. The van der Waals surface area contributed by atoms with Crippen molar-refractivity contribution in [1.29, 1.82) is 0 Å². The van der Waals surface area contributed by atoms with Crippen LogP contribution < -0.4 is 4.74 Å². The van der Waals surface area contributed by atoms with Crippen LogP contribution in [-0.2, 0) is 17.8 Å². The number of ether oxygens (including phenoxy) is 1. The fraction of sp³-hybridized carbons (Fsp3) is 0.407. The van der Waals surface area contributed by atoms with Crippen LogP contribution in [0.15, 0.2) is 42.5 Å². The van der Waals surface area contributed by atoms with Crippen LogP contribution in [0.25, 0.3) is 10.1 Å². The van der Waals surface area contributed by atoms with Crippen LogP contribution in [0.1, 0.15) is 59.3 Å². The number of likely N-dealkylation sites (tertiary alicyclic amines) is 1. The fourth-order valence-corrected chi connectivity index (χ4v) is 6.78. The Hall–Kier alpha value is -2.57. The van der Waals surface area contributed by atoms with Gasteiger partial charge in [0.1, 0.15) is 12.4 Å². The lowest BCUT2D eigenvalue weighted by molar-refractivity contribution is -0.133. The Balaban J connectivity index is 1.25. The number of aromatic carboxylic acids is 1. The van der Waals surface area contributed by atoms with Crippen LogP contribution in [0, 0.1) is 5.92 Å². The normalized spacial score (nSPS) is 19.1. The molecule has 7 heteroatoms. The zero-order valence-electron chi connectivity index (χ0n) is 19.0. The fourth-order valence-electron chi connectivity index (χ4n) is 5.16. The Bertz CT molecular complexity index is 1200. The van der Waals surface area contributed by atoms with Crippen molar-refractivity contribution >= 4 is 44.9 Å². The number of fused-ring (bicyclic) bond motifs is 1. The van der Waals surface area contributed by atoms with Crippen molar-refractivity contribution in [3.05, 3.63) is 63.5 Å². The topological polar surface area (TPSA) is 66.8 Å². The summed E-state index contributed by atoms with van der Waals surface area (Å²) in [6.45, 7) is 1.23. The number of hydrogen-bond acceptors (Lipinski definition) is 4. The largest absolute Gasteiger partial charge is 0.489 e. The number of carboxylic acids is 1. The van der Waals surface area contributed by atoms with Crippen molar-refractivity contribution in [2.45, 2.75) is 57.6 Å². The Morgan fingerprint density at radius 1 is 1.09 bits per heavy atom. The molecule has 34 heavy (non-hydrogen) atoms. The molecule has 1 aromatic heterocycles. The van der Waals surface area contributed by atoms with E-state index in [2.05, 4.69) is 4.90 Å². The molecular formula is C27H28ClNO4S. The first-order valence-corrected chi connectivity index (χ1v) is 13.2. The van der Waals surface area contributed by atoms with Gasteiger partial charge >= 0.3 is 5.97 Å². The molecule has 2 aliphatic rings. The molecule has 1 saturated carbocycles. The van der Waals surface area contributed by atoms with E-state index < -0.39 is 5.97 Å². The number of nitrogens with zero attached hydrogens (tertiary/aromatic N) is 1. The average Bonchev–Trinajstić information content (AvgIpc) is 3.37. The van der Waals surface area contributed by atoms with E-state index >= 15 is 0 Å². The van der Waals surface area contributed by atoms with Crippen LogP contribution in [0.3, 0.4) is 0 Å². The van der Waals surface area contributed by atoms with E-state index in [0.29, 0.717) is 25.0 Å². The maximum absolute atomic E-state index is 13.1. The van der Waals surface area contributed by atoms with Crippen molar-refractivity contribution in [3.8, 4) is 5.75 Å². The van der Waals surface area contributed by atoms with Crippen molar-refractivity contribution in [1.82, 2.24) is 4.90 Å². The minimum Gasteiger partial charge on any atom is -0.489 e. The summed E-state index contributed by atoms with van der Waals surface area (Å²) in [6.07, 6.45) is 7.67. The van der Waals surface area contributed by atoms with Gasteiger partial charge in [-0.1, -0.05) is 43.0 Å². The van der Waals surface area contributed by atoms with Gasteiger partial charge in [-0.25, -0.2) is 4.79 Å². The molecule has 1 unspecified atom stereocenters. The van der Waals surface area contributed by atoms with Crippen LogP contribution in [-0.4, -0.2) is 34.5 Å². The zero-order chi connectivity index (χ0) is 23.7. The van der Waals surface area contributed by atoms with Crippen LogP contribution >= 0.6 is 22.9 Å². The number of carbonyl (C=O) groups excluding carboxylic acids is 1. The van der Waals surface area contributed by atoms with Gasteiger partial charge in [0.25, 0.3) is 0 Å². The van der Waals surface area contributed by atoms with Crippen molar-refractivity contribution in [2.24, 2.45) is 5.92 Å². The van der Waals surface area contributed by atoms with Crippen molar-refractivity contribution < 1.29 is 19.4 Å². The molecule has 2 aromatic carbocycles. The monoisotopic (exact) mass is 497 g/mol. The van der Waals surface area contributed by atoms with Gasteiger partial charge in [-0.3, -0.25) is 4.79 Å². The van der Waals surface area contributed by atoms with Crippen molar-refractivity contribution in [2.75, 3.05) is 6.54 Å². The molecule has 0 bridgehead atoms. The van der Waals surface area contributed by atoms with Gasteiger partial charge in [-0.05, 0) is 61.6 Å². The van der Waals surface area contributed by atoms with E-state index in [-0.39, 0.29) is 11.5 Å². The van der Waals surface area contributed by atoms with E-state index in [4.69, 9.17) is 21.4 Å². The van der Waals surface area contributed by atoms with E-state index in [1.54, 1.807) is 35.6 Å².